The highest BCUT2D eigenvalue weighted by atomic mass is 16.6. The molecule has 0 aliphatic carbocycles. The minimum Gasteiger partial charge on any atom is -0.258 e. The topological polar surface area (TPSA) is 84.7 Å². The summed E-state index contributed by atoms with van der Waals surface area (Å²) >= 11 is 0. The van der Waals surface area contributed by atoms with E-state index in [1.807, 2.05) is 30.3 Å². The fourth-order valence-corrected chi connectivity index (χ4v) is 2.19. The van der Waals surface area contributed by atoms with Gasteiger partial charge in [-0.25, -0.2) is 0 Å². The molecule has 6 heteroatoms. The number of aromatic amines is 1. The number of nitrogens with one attached hydrogen (secondary N) is 1. The van der Waals surface area contributed by atoms with E-state index in [2.05, 4.69) is 22.0 Å². The summed E-state index contributed by atoms with van der Waals surface area (Å²) in [6.45, 7) is 4.05. The van der Waals surface area contributed by atoms with Gasteiger partial charge in [0.1, 0.15) is 11.4 Å². The van der Waals surface area contributed by atoms with Crippen molar-refractivity contribution in [2.75, 3.05) is 0 Å². The molecule has 1 heterocycles. The third kappa shape index (κ3) is 2.49. The molecule has 0 spiro atoms. The lowest BCUT2D eigenvalue weighted by atomic mass is 10.00. The molecular formula is C16H12N4O2. The van der Waals surface area contributed by atoms with Crippen molar-refractivity contribution in [3.05, 3.63) is 82.5 Å². The average molecular weight is 292 g/mol. The number of benzene rings is 2. The first kappa shape index (κ1) is 13.7. The van der Waals surface area contributed by atoms with Crippen molar-refractivity contribution in [2.45, 2.75) is 0 Å². The molecule has 0 aliphatic rings. The van der Waals surface area contributed by atoms with Crippen LogP contribution in [-0.4, -0.2) is 20.3 Å². The third-order valence-electron chi connectivity index (χ3n) is 3.29. The third-order valence-corrected chi connectivity index (χ3v) is 3.29. The van der Waals surface area contributed by atoms with Crippen LogP contribution in [0.3, 0.4) is 0 Å². The molecule has 0 radical (unpaired) electrons. The van der Waals surface area contributed by atoms with Gasteiger partial charge in [0.15, 0.2) is 0 Å². The first-order chi connectivity index (χ1) is 10.7. The van der Waals surface area contributed by atoms with Crippen LogP contribution in [0.25, 0.3) is 16.8 Å². The SMILES string of the molecule is C=C(c1ccccc1)c1n[nH]nc1-c1cccc([N+](=O)[O-])c1. The molecule has 3 rings (SSSR count). The number of nitro benzene ring substituents is 1. The van der Waals surface area contributed by atoms with Crippen LogP contribution in [0.5, 0.6) is 0 Å². The fraction of sp³-hybridized carbons (Fsp3) is 0. The average Bonchev–Trinajstić information content (AvgIpc) is 3.04. The summed E-state index contributed by atoms with van der Waals surface area (Å²) in [6, 6.07) is 15.9. The molecule has 0 bridgehead atoms. The molecule has 2 aromatic carbocycles. The number of aromatic nitrogens is 3. The number of nitrogens with zero attached hydrogens (tertiary/aromatic N) is 3. The number of hydrogen-bond donors (Lipinski definition) is 1. The van der Waals surface area contributed by atoms with Gasteiger partial charge in [0.2, 0.25) is 0 Å². The zero-order valence-electron chi connectivity index (χ0n) is 11.6. The zero-order chi connectivity index (χ0) is 15.5. The Kier molecular flexibility index (Phi) is 3.49. The summed E-state index contributed by atoms with van der Waals surface area (Å²) in [4.78, 5) is 10.5. The van der Waals surface area contributed by atoms with Crippen LogP contribution in [0.1, 0.15) is 11.3 Å². The lowest BCUT2D eigenvalue weighted by Gasteiger charge is -2.05. The van der Waals surface area contributed by atoms with E-state index in [0.29, 0.717) is 22.5 Å². The summed E-state index contributed by atoms with van der Waals surface area (Å²) < 4.78 is 0. The van der Waals surface area contributed by atoms with Crippen LogP contribution < -0.4 is 0 Å². The van der Waals surface area contributed by atoms with E-state index in [0.717, 1.165) is 5.56 Å². The van der Waals surface area contributed by atoms with Crippen LogP contribution in [0, 0.1) is 10.1 Å². The van der Waals surface area contributed by atoms with Crippen LogP contribution in [0.15, 0.2) is 61.2 Å². The predicted octanol–water partition coefficient (Wildman–Crippen LogP) is 3.44. The Hall–Kier alpha value is -3.28. The van der Waals surface area contributed by atoms with E-state index in [1.54, 1.807) is 12.1 Å². The van der Waals surface area contributed by atoms with Crippen molar-refractivity contribution >= 4 is 11.3 Å². The molecular weight excluding hydrogens is 280 g/mol. The Labute approximate surface area is 126 Å². The number of non-ortho nitro benzene ring substituents is 1. The Morgan fingerprint density at radius 1 is 1.09 bits per heavy atom. The first-order valence-corrected chi connectivity index (χ1v) is 6.57. The second kappa shape index (κ2) is 5.61. The molecule has 0 fully saturated rings. The summed E-state index contributed by atoms with van der Waals surface area (Å²) in [5, 5.41) is 21.7. The van der Waals surface area contributed by atoms with Gasteiger partial charge < -0.3 is 0 Å². The van der Waals surface area contributed by atoms with Gasteiger partial charge in [-0.1, -0.05) is 49.0 Å². The largest absolute Gasteiger partial charge is 0.270 e. The standard InChI is InChI=1S/C16H12N4O2/c1-11(12-6-3-2-4-7-12)15-16(18-19-17-15)13-8-5-9-14(10-13)20(21)22/h2-10H,1H2,(H,17,18,19). The second-order valence-corrected chi connectivity index (χ2v) is 4.67. The van der Waals surface area contributed by atoms with Crippen molar-refractivity contribution in [2.24, 2.45) is 0 Å². The molecule has 108 valence electrons. The van der Waals surface area contributed by atoms with E-state index in [-0.39, 0.29) is 5.69 Å². The first-order valence-electron chi connectivity index (χ1n) is 6.57. The number of H-pyrrole nitrogens is 1. The number of hydrogen-bond acceptors (Lipinski definition) is 4. The van der Waals surface area contributed by atoms with E-state index in [1.165, 1.54) is 12.1 Å². The summed E-state index contributed by atoms with van der Waals surface area (Å²) in [5.74, 6) is 0. The smallest absolute Gasteiger partial charge is 0.258 e. The summed E-state index contributed by atoms with van der Waals surface area (Å²) in [5.41, 5.74) is 3.37. The summed E-state index contributed by atoms with van der Waals surface area (Å²) in [7, 11) is 0. The molecule has 1 N–H and O–H groups in total. The molecule has 1 aromatic heterocycles. The van der Waals surface area contributed by atoms with Crippen LogP contribution in [-0.2, 0) is 0 Å². The Bertz CT molecular complexity index is 840. The van der Waals surface area contributed by atoms with Gasteiger partial charge in [0, 0.05) is 23.3 Å². The van der Waals surface area contributed by atoms with Gasteiger partial charge in [0.25, 0.3) is 5.69 Å². The minimum absolute atomic E-state index is 0.0109. The van der Waals surface area contributed by atoms with E-state index in [9.17, 15) is 10.1 Å². The van der Waals surface area contributed by atoms with Crippen molar-refractivity contribution in [3.63, 3.8) is 0 Å². The van der Waals surface area contributed by atoms with Crippen LogP contribution in [0.4, 0.5) is 5.69 Å². The molecule has 0 atom stereocenters. The Balaban J connectivity index is 2.04. The van der Waals surface area contributed by atoms with Gasteiger partial charge >= 0.3 is 0 Å². The van der Waals surface area contributed by atoms with Gasteiger partial charge in [0.05, 0.1) is 4.92 Å². The van der Waals surface area contributed by atoms with Gasteiger partial charge in [-0.15, -0.1) is 0 Å². The lowest BCUT2D eigenvalue weighted by Crippen LogP contribution is -1.92. The van der Waals surface area contributed by atoms with Crippen LogP contribution in [0.2, 0.25) is 0 Å². The fourth-order valence-electron chi connectivity index (χ4n) is 2.19. The molecule has 0 saturated heterocycles. The Morgan fingerprint density at radius 3 is 2.59 bits per heavy atom. The van der Waals surface area contributed by atoms with Crippen molar-refractivity contribution in [1.82, 2.24) is 15.4 Å². The van der Waals surface area contributed by atoms with Crippen molar-refractivity contribution < 1.29 is 4.92 Å². The minimum atomic E-state index is -0.435. The Morgan fingerprint density at radius 2 is 1.86 bits per heavy atom. The van der Waals surface area contributed by atoms with E-state index >= 15 is 0 Å². The number of nitro groups is 1. The molecule has 22 heavy (non-hydrogen) atoms. The number of rotatable bonds is 4. The molecule has 0 amide bonds. The lowest BCUT2D eigenvalue weighted by molar-refractivity contribution is -0.384. The molecule has 0 saturated carbocycles. The maximum Gasteiger partial charge on any atom is 0.270 e. The van der Waals surface area contributed by atoms with Crippen LogP contribution >= 0.6 is 0 Å². The monoisotopic (exact) mass is 292 g/mol. The van der Waals surface area contributed by atoms with Crippen molar-refractivity contribution in [3.8, 4) is 11.3 Å². The second-order valence-electron chi connectivity index (χ2n) is 4.67. The van der Waals surface area contributed by atoms with Crippen molar-refractivity contribution in [1.29, 1.82) is 0 Å². The maximum absolute atomic E-state index is 10.9. The molecule has 0 unspecified atom stereocenters. The van der Waals surface area contributed by atoms with E-state index in [4.69, 9.17) is 0 Å². The van der Waals surface area contributed by atoms with Gasteiger partial charge in [-0.2, -0.15) is 15.4 Å². The van der Waals surface area contributed by atoms with Gasteiger partial charge in [-0.05, 0) is 5.56 Å². The quantitative estimate of drug-likeness (QED) is 0.589. The highest BCUT2D eigenvalue weighted by Gasteiger charge is 2.16. The van der Waals surface area contributed by atoms with E-state index < -0.39 is 4.92 Å². The normalized spacial score (nSPS) is 10.4. The zero-order valence-corrected chi connectivity index (χ0v) is 11.6. The summed E-state index contributed by atoms with van der Waals surface area (Å²) in [6.07, 6.45) is 0. The maximum atomic E-state index is 10.9. The highest BCUT2D eigenvalue weighted by Crippen LogP contribution is 2.29. The predicted molar refractivity (Wildman–Crippen MR) is 83.1 cm³/mol. The highest BCUT2D eigenvalue weighted by molar-refractivity contribution is 5.84. The molecule has 3 aromatic rings. The molecule has 6 nitrogen and oxygen atoms in total. The molecule has 0 aliphatic heterocycles. The van der Waals surface area contributed by atoms with Gasteiger partial charge in [-0.3, -0.25) is 10.1 Å².